The van der Waals surface area contributed by atoms with Gasteiger partial charge in [-0.25, -0.2) is 0 Å². The minimum absolute atomic E-state index is 0.135. The van der Waals surface area contributed by atoms with Crippen LogP contribution in [0.1, 0.15) is 99.1 Å². The van der Waals surface area contributed by atoms with Gasteiger partial charge < -0.3 is 14.6 Å². The molecule has 0 bridgehead atoms. The zero-order valence-electron chi connectivity index (χ0n) is 21.7. The Balaban J connectivity index is 1.41. The number of nitrogens with zero attached hydrogens (tertiary/aromatic N) is 1. The minimum Gasteiger partial charge on any atom is -0.469 e. The predicted molar refractivity (Wildman–Crippen MR) is 139 cm³/mol. The fourth-order valence-electron chi connectivity index (χ4n) is 6.41. The molecule has 1 aromatic heterocycles. The molecule has 0 saturated heterocycles. The monoisotopic (exact) mass is 512 g/mol. The number of rotatable bonds is 8. The van der Waals surface area contributed by atoms with E-state index in [-0.39, 0.29) is 23.7 Å². The Kier molecular flexibility index (Phi) is 7.17. The Bertz CT molecular complexity index is 1130. The number of methoxy groups -OCH3 is 1. The van der Waals surface area contributed by atoms with Gasteiger partial charge in [-0.15, -0.1) is 0 Å². The van der Waals surface area contributed by atoms with Crippen molar-refractivity contribution in [2.24, 2.45) is 23.7 Å². The number of nitrogens with one attached hydrogen (secondary N) is 1. The van der Waals surface area contributed by atoms with Crippen molar-refractivity contribution in [3.8, 4) is 0 Å². The number of anilines is 1. The number of benzene rings is 1. The molecular weight excluding hydrogens is 476 g/mol. The topological polar surface area (TPSA) is 81.4 Å². The zero-order chi connectivity index (χ0) is 25.6. The van der Waals surface area contributed by atoms with Crippen LogP contribution < -0.4 is 5.32 Å². The van der Waals surface area contributed by atoms with E-state index in [0.717, 1.165) is 48.6 Å². The number of ether oxygens (including phenoxy) is 1. The summed E-state index contributed by atoms with van der Waals surface area (Å²) < 4.78 is 11.1. The van der Waals surface area contributed by atoms with Crippen LogP contribution in [0.25, 0.3) is 0 Å². The van der Waals surface area contributed by atoms with E-state index in [1.807, 2.05) is 25.1 Å². The molecule has 1 amide bonds. The molecule has 3 aliphatic carbocycles. The maximum absolute atomic E-state index is 13.6. The molecule has 0 unspecified atom stereocenters. The van der Waals surface area contributed by atoms with Crippen LogP contribution in [0.2, 0.25) is 5.02 Å². The van der Waals surface area contributed by atoms with Crippen molar-refractivity contribution in [1.82, 2.24) is 5.16 Å². The summed E-state index contributed by atoms with van der Waals surface area (Å²) in [7, 11) is 1.41. The smallest absolute Gasteiger partial charge is 0.308 e. The molecule has 3 fully saturated rings. The average molecular weight is 513 g/mol. The number of carbonyl (C=O) groups excluding carboxylic acids is 2. The maximum Gasteiger partial charge on any atom is 0.308 e. The molecule has 3 saturated carbocycles. The summed E-state index contributed by atoms with van der Waals surface area (Å²) in [6, 6.07) is 5.58. The third-order valence-electron chi connectivity index (χ3n) is 8.35. The first-order valence-corrected chi connectivity index (χ1v) is 13.8. The molecule has 36 heavy (non-hydrogen) atoms. The standard InChI is InChI=1S/C29H37ClN2O4/c1-15(2)9-17-11-19(12-17)27-25(18-6-7-18)26(32-36-27)21-13-20(29(34)35-4)14-22(21)28(33)31-24-8-5-16(3)10-23(24)30/h5,8,10,15,17-22H,6-7,9,11-14H2,1-4H3,(H,31,33)/t17?,19?,20-,21+,22+/m0/s1. The van der Waals surface area contributed by atoms with Gasteiger partial charge in [0.25, 0.3) is 0 Å². The van der Waals surface area contributed by atoms with Crippen LogP contribution in [0.4, 0.5) is 5.69 Å². The summed E-state index contributed by atoms with van der Waals surface area (Å²) in [4.78, 5) is 26.1. The minimum atomic E-state index is -0.406. The fourth-order valence-corrected chi connectivity index (χ4v) is 6.69. The molecule has 2 aromatic rings. The van der Waals surface area contributed by atoms with Gasteiger partial charge in [0.15, 0.2) is 0 Å². The van der Waals surface area contributed by atoms with Crippen molar-refractivity contribution in [2.45, 2.75) is 83.5 Å². The Morgan fingerprint density at radius 1 is 1.17 bits per heavy atom. The van der Waals surface area contributed by atoms with E-state index >= 15 is 0 Å². The van der Waals surface area contributed by atoms with Crippen LogP contribution in [-0.4, -0.2) is 24.1 Å². The van der Waals surface area contributed by atoms with E-state index in [0.29, 0.717) is 41.3 Å². The van der Waals surface area contributed by atoms with Crippen molar-refractivity contribution in [2.75, 3.05) is 12.4 Å². The lowest BCUT2D eigenvalue weighted by Gasteiger charge is -2.35. The Morgan fingerprint density at radius 3 is 2.56 bits per heavy atom. The number of esters is 1. The molecule has 3 aliphatic rings. The number of hydrogen-bond donors (Lipinski definition) is 1. The third-order valence-corrected chi connectivity index (χ3v) is 8.66. The van der Waals surface area contributed by atoms with Gasteiger partial charge in [0, 0.05) is 23.3 Å². The Hall–Kier alpha value is -2.34. The summed E-state index contributed by atoms with van der Waals surface area (Å²) in [6.45, 7) is 6.52. The second kappa shape index (κ2) is 10.2. The molecule has 0 radical (unpaired) electrons. The molecule has 3 atom stereocenters. The summed E-state index contributed by atoms with van der Waals surface area (Å²) in [6.07, 6.45) is 6.79. The molecule has 1 N–H and O–H groups in total. The average Bonchev–Trinajstić information content (AvgIpc) is 3.40. The SMILES string of the molecule is COC(=O)[C@@H]1C[C@@H](C(=O)Nc2ccc(C)cc2Cl)[C@H](c2noc(C3CC(CC(C)C)C3)c2C2CC2)C1. The number of aryl methyl sites for hydroxylation is 1. The molecule has 1 heterocycles. The van der Waals surface area contributed by atoms with Gasteiger partial charge >= 0.3 is 5.97 Å². The first kappa shape index (κ1) is 25.3. The second-order valence-corrected chi connectivity index (χ2v) is 12.1. The van der Waals surface area contributed by atoms with Gasteiger partial charge in [-0.2, -0.15) is 0 Å². The zero-order valence-corrected chi connectivity index (χ0v) is 22.4. The summed E-state index contributed by atoms with van der Waals surface area (Å²) >= 11 is 6.40. The van der Waals surface area contributed by atoms with Crippen LogP contribution in [0.3, 0.4) is 0 Å². The molecule has 0 spiro atoms. The molecule has 6 nitrogen and oxygen atoms in total. The van der Waals surface area contributed by atoms with Crippen molar-refractivity contribution in [3.05, 3.63) is 45.8 Å². The van der Waals surface area contributed by atoms with E-state index in [9.17, 15) is 9.59 Å². The molecule has 0 aliphatic heterocycles. The van der Waals surface area contributed by atoms with E-state index in [1.54, 1.807) is 0 Å². The number of hydrogen-bond acceptors (Lipinski definition) is 5. The highest BCUT2D eigenvalue weighted by atomic mass is 35.5. The van der Waals surface area contributed by atoms with Gasteiger partial charge in [0.2, 0.25) is 5.91 Å². The number of aromatic nitrogens is 1. The number of carbonyl (C=O) groups is 2. The Morgan fingerprint density at radius 2 is 1.92 bits per heavy atom. The van der Waals surface area contributed by atoms with Crippen LogP contribution in [-0.2, 0) is 14.3 Å². The van der Waals surface area contributed by atoms with Gasteiger partial charge in [0.1, 0.15) is 5.76 Å². The first-order valence-electron chi connectivity index (χ1n) is 13.4. The second-order valence-electron chi connectivity index (χ2n) is 11.7. The third kappa shape index (κ3) is 5.06. The van der Waals surface area contributed by atoms with Gasteiger partial charge in [-0.05, 0) is 87.3 Å². The van der Waals surface area contributed by atoms with Crippen molar-refractivity contribution in [1.29, 1.82) is 0 Å². The van der Waals surface area contributed by atoms with E-state index in [4.69, 9.17) is 20.9 Å². The van der Waals surface area contributed by atoms with Gasteiger partial charge in [-0.1, -0.05) is 36.7 Å². The lowest BCUT2D eigenvalue weighted by molar-refractivity contribution is -0.145. The molecule has 1 aromatic carbocycles. The van der Waals surface area contributed by atoms with Gasteiger partial charge in [-0.3, -0.25) is 9.59 Å². The summed E-state index contributed by atoms with van der Waals surface area (Å²) in [5.74, 6) is 2.04. The highest BCUT2D eigenvalue weighted by molar-refractivity contribution is 6.33. The number of halogens is 1. The van der Waals surface area contributed by atoms with Crippen LogP contribution in [0.15, 0.2) is 22.7 Å². The number of amides is 1. The first-order chi connectivity index (χ1) is 17.2. The van der Waals surface area contributed by atoms with Crippen molar-refractivity contribution >= 4 is 29.2 Å². The predicted octanol–water partition coefficient (Wildman–Crippen LogP) is 6.98. The van der Waals surface area contributed by atoms with Crippen LogP contribution in [0, 0.1) is 30.6 Å². The highest BCUT2D eigenvalue weighted by Gasteiger charge is 2.48. The quantitative estimate of drug-likeness (QED) is 0.386. The highest BCUT2D eigenvalue weighted by Crippen LogP contribution is 2.55. The van der Waals surface area contributed by atoms with E-state index < -0.39 is 5.92 Å². The largest absolute Gasteiger partial charge is 0.469 e. The van der Waals surface area contributed by atoms with Crippen molar-refractivity contribution < 1.29 is 18.8 Å². The van der Waals surface area contributed by atoms with E-state index in [1.165, 1.54) is 19.1 Å². The maximum atomic E-state index is 13.6. The molecular formula is C29H37ClN2O4. The van der Waals surface area contributed by atoms with Crippen LogP contribution >= 0.6 is 11.6 Å². The van der Waals surface area contributed by atoms with Crippen molar-refractivity contribution in [3.63, 3.8) is 0 Å². The lowest BCUT2D eigenvalue weighted by Crippen LogP contribution is -2.26. The normalized spacial score (nSPS) is 27.7. The molecule has 194 valence electrons. The fraction of sp³-hybridized carbons (Fsp3) is 0.621. The lowest BCUT2D eigenvalue weighted by atomic mass is 9.69. The van der Waals surface area contributed by atoms with Gasteiger partial charge in [0.05, 0.1) is 29.4 Å². The summed E-state index contributed by atoms with van der Waals surface area (Å²) in [5.41, 5.74) is 3.73. The Labute approximate surface area is 218 Å². The van der Waals surface area contributed by atoms with E-state index in [2.05, 4.69) is 24.3 Å². The molecule has 7 heteroatoms. The van der Waals surface area contributed by atoms with Crippen LogP contribution in [0.5, 0.6) is 0 Å². The molecule has 5 rings (SSSR count). The summed E-state index contributed by atoms with van der Waals surface area (Å²) in [5, 5.41) is 8.12.